The normalized spacial score (nSPS) is 20.1. The Balaban J connectivity index is 1.75. The van der Waals surface area contributed by atoms with Crippen molar-refractivity contribution in [1.82, 2.24) is 24.3 Å². The standard InChI is InChI=1S/C20H27N5O5S2/c1-11-17(25-19(22-11)31-18(23-25)20(2,3)27)14-9-16(15(30-4)10-21-14)32(28,29)24-12-5-7-13(26)8-6-12/h9-10,12-13,24,26-27H,5-8H2,1-4H3/t12-,13+. The Kier molecular flexibility index (Phi) is 6.01. The lowest BCUT2D eigenvalue weighted by molar-refractivity contribution is 0.0773. The van der Waals surface area contributed by atoms with Gasteiger partial charge in [-0.05, 0) is 52.5 Å². The average molecular weight is 482 g/mol. The van der Waals surface area contributed by atoms with Gasteiger partial charge in [0.25, 0.3) is 0 Å². The number of fused-ring (bicyclic) bond motifs is 1. The minimum Gasteiger partial charge on any atom is -0.494 e. The molecule has 174 valence electrons. The maximum absolute atomic E-state index is 13.2. The minimum absolute atomic E-state index is 0.0246. The first-order valence-corrected chi connectivity index (χ1v) is 12.6. The number of aromatic nitrogens is 4. The van der Waals surface area contributed by atoms with E-state index >= 15 is 0 Å². The second-order valence-electron chi connectivity index (χ2n) is 8.55. The van der Waals surface area contributed by atoms with Crippen LogP contribution < -0.4 is 9.46 Å². The summed E-state index contributed by atoms with van der Waals surface area (Å²) >= 11 is 1.26. The summed E-state index contributed by atoms with van der Waals surface area (Å²) in [6.07, 6.45) is 3.26. The summed E-state index contributed by atoms with van der Waals surface area (Å²) in [5.74, 6) is 0.131. The van der Waals surface area contributed by atoms with Gasteiger partial charge in [-0.15, -0.1) is 0 Å². The molecule has 0 unspecified atom stereocenters. The molecule has 1 aliphatic carbocycles. The molecule has 0 spiro atoms. The number of imidazole rings is 1. The number of hydrogen-bond acceptors (Lipinski definition) is 9. The fourth-order valence-electron chi connectivity index (χ4n) is 3.78. The van der Waals surface area contributed by atoms with Gasteiger partial charge in [0, 0.05) is 6.04 Å². The summed E-state index contributed by atoms with van der Waals surface area (Å²) in [6.45, 7) is 5.08. The molecule has 3 aromatic heterocycles. The summed E-state index contributed by atoms with van der Waals surface area (Å²) in [7, 11) is -2.51. The van der Waals surface area contributed by atoms with E-state index in [-0.39, 0.29) is 22.8 Å². The second kappa shape index (κ2) is 8.34. The van der Waals surface area contributed by atoms with Gasteiger partial charge in [-0.25, -0.2) is 22.6 Å². The highest BCUT2D eigenvalue weighted by Crippen LogP contribution is 2.33. The number of aryl methyl sites for hydroxylation is 1. The molecule has 32 heavy (non-hydrogen) atoms. The highest BCUT2D eigenvalue weighted by atomic mass is 32.2. The van der Waals surface area contributed by atoms with Crippen LogP contribution in [0.1, 0.15) is 50.2 Å². The van der Waals surface area contributed by atoms with Gasteiger partial charge in [0.2, 0.25) is 15.0 Å². The van der Waals surface area contributed by atoms with Gasteiger partial charge in [0.1, 0.15) is 21.2 Å². The molecule has 0 aliphatic heterocycles. The predicted molar refractivity (Wildman–Crippen MR) is 119 cm³/mol. The van der Waals surface area contributed by atoms with Crippen molar-refractivity contribution in [3.05, 3.63) is 23.0 Å². The van der Waals surface area contributed by atoms with Gasteiger partial charge in [-0.2, -0.15) is 5.10 Å². The number of nitrogens with one attached hydrogen (secondary N) is 1. The number of rotatable bonds is 6. The first kappa shape index (κ1) is 23.1. The van der Waals surface area contributed by atoms with Crippen molar-refractivity contribution in [3.63, 3.8) is 0 Å². The monoisotopic (exact) mass is 481 g/mol. The Morgan fingerprint density at radius 3 is 2.59 bits per heavy atom. The molecule has 0 bridgehead atoms. The van der Waals surface area contributed by atoms with Crippen molar-refractivity contribution in [2.24, 2.45) is 0 Å². The molecule has 3 heterocycles. The van der Waals surface area contributed by atoms with Crippen LogP contribution in [0.5, 0.6) is 5.75 Å². The van der Waals surface area contributed by atoms with E-state index in [1.807, 2.05) is 0 Å². The Bertz CT molecular complexity index is 1240. The maximum Gasteiger partial charge on any atom is 0.244 e. The molecule has 0 atom stereocenters. The summed E-state index contributed by atoms with van der Waals surface area (Å²) in [4.78, 5) is 9.46. The predicted octanol–water partition coefficient (Wildman–Crippen LogP) is 1.98. The molecule has 0 saturated heterocycles. The maximum atomic E-state index is 13.2. The molecule has 12 heteroatoms. The van der Waals surface area contributed by atoms with Crippen LogP contribution in [-0.2, 0) is 15.6 Å². The smallest absolute Gasteiger partial charge is 0.244 e. The van der Waals surface area contributed by atoms with E-state index in [1.165, 1.54) is 30.7 Å². The molecule has 1 saturated carbocycles. The van der Waals surface area contributed by atoms with Gasteiger partial charge in [0.15, 0.2) is 5.75 Å². The zero-order valence-corrected chi connectivity index (χ0v) is 20.0. The number of pyridine rings is 1. The topological polar surface area (TPSA) is 139 Å². The third-order valence-electron chi connectivity index (χ3n) is 5.50. The number of sulfonamides is 1. The second-order valence-corrected chi connectivity index (χ2v) is 11.2. The van der Waals surface area contributed by atoms with Crippen LogP contribution in [0.4, 0.5) is 0 Å². The van der Waals surface area contributed by atoms with Crippen molar-refractivity contribution >= 4 is 26.3 Å². The lowest BCUT2D eigenvalue weighted by Gasteiger charge is -2.26. The average Bonchev–Trinajstić information content (AvgIpc) is 3.26. The fourth-order valence-corrected chi connectivity index (χ4v) is 6.20. The molecular formula is C20H27N5O5S2. The zero-order chi connectivity index (χ0) is 23.3. The van der Waals surface area contributed by atoms with Crippen molar-refractivity contribution < 1.29 is 23.4 Å². The van der Waals surface area contributed by atoms with Crippen molar-refractivity contribution in [1.29, 1.82) is 0 Å². The van der Waals surface area contributed by atoms with Crippen LogP contribution in [0.25, 0.3) is 16.3 Å². The Hall–Kier alpha value is -2.12. The molecule has 0 radical (unpaired) electrons. The summed E-state index contributed by atoms with van der Waals surface area (Å²) in [6, 6.07) is 1.21. The van der Waals surface area contributed by atoms with Gasteiger partial charge in [-0.3, -0.25) is 4.98 Å². The van der Waals surface area contributed by atoms with E-state index < -0.39 is 15.6 Å². The summed E-state index contributed by atoms with van der Waals surface area (Å²) in [5, 5.41) is 25.0. The van der Waals surface area contributed by atoms with Crippen LogP contribution in [0.15, 0.2) is 17.2 Å². The van der Waals surface area contributed by atoms with E-state index in [4.69, 9.17) is 4.74 Å². The minimum atomic E-state index is -3.90. The van der Waals surface area contributed by atoms with Crippen LogP contribution in [0.2, 0.25) is 0 Å². The van der Waals surface area contributed by atoms with Gasteiger partial charge in [-0.1, -0.05) is 11.3 Å². The van der Waals surface area contributed by atoms with E-state index in [2.05, 4.69) is 19.8 Å². The van der Waals surface area contributed by atoms with Crippen LogP contribution in [0, 0.1) is 6.92 Å². The van der Waals surface area contributed by atoms with E-state index in [0.29, 0.717) is 52.7 Å². The third-order valence-corrected chi connectivity index (χ3v) is 8.27. The highest BCUT2D eigenvalue weighted by Gasteiger charge is 2.29. The number of hydrogen-bond donors (Lipinski definition) is 3. The summed E-state index contributed by atoms with van der Waals surface area (Å²) in [5.41, 5.74) is 0.436. The van der Waals surface area contributed by atoms with Gasteiger partial charge < -0.3 is 14.9 Å². The lowest BCUT2D eigenvalue weighted by Crippen LogP contribution is -2.38. The number of nitrogens with zero attached hydrogens (tertiary/aromatic N) is 4. The zero-order valence-electron chi connectivity index (χ0n) is 18.4. The lowest BCUT2D eigenvalue weighted by atomic mass is 9.94. The Morgan fingerprint density at radius 2 is 1.97 bits per heavy atom. The quantitative estimate of drug-likeness (QED) is 0.486. The summed E-state index contributed by atoms with van der Waals surface area (Å²) < 4.78 is 36.0. The van der Waals surface area contributed by atoms with Crippen LogP contribution in [0.3, 0.4) is 0 Å². The highest BCUT2D eigenvalue weighted by molar-refractivity contribution is 7.89. The van der Waals surface area contributed by atoms with E-state index in [1.54, 1.807) is 25.3 Å². The number of ether oxygens (including phenoxy) is 1. The molecule has 3 N–H and O–H groups in total. The number of aliphatic hydroxyl groups is 2. The van der Waals surface area contributed by atoms with Crippen molar-refractivity contribution in [2.75, 3.05) is 7.11 Å². The molecule has 1 aliphatic rings. The third kappa shape index (κ3) is 4.37. The molecule has 1 fully saturated rings. The van der Waals surface area contributed by atoms with E-state index in [9.17, 15) is 18.6 Å². The van der Waals surface area contributed by atoms with Crippen LogP contribution in [-0.4, -0.2) is 57.5 Å². The van der Waals surface area contributed by atoms with Crippen molar-refractivity contribution in [2.45, 2.75) is 69.1 Å². The van der Waals surface area contributed by atoms with Gasteiger partial charge >= 0.3 is 0 Å². The fraction of sp³-hybridized carbons (Fsp3) is 0.550. The molecule has 0 amide bonds. The SMILES string of the molecule is COc1cnc(-c2c(C)nc3sc(C(C)(C)O)nn23)cc1S(=O)(=O)N[C@H]1CC[C@@H](O)CC1. The molecule has 0 aromatic carbocycles. The first-order valence-electron chi connectivity index (χ1n) is 10.3. The molecule has 3 aromatic rings. The van der Waals surface area contributed by atoms with Gasteiger partial charge in [0.05, 0.1) is 30.8 Å². The van der Waals surface area contributed by atoms with E-state index in [0.717, 1.165) is 0 Å². The first-order chi connectivity index (χ1) is 15.0. The Labute approximate surface area is 190 Å². The largest absolute Gasteiger partial charge is 0.494 e. The molecular weight excluding hydrogens is 454 g/mol. The Morgan fingerprint density at radius 1 is 1.28 bits per heavy atom. The van der Waals surface area contributed by atoms with Crippen LogP contribution >= 0.6 is 11.3 Å². The number of methoxy groups -OCH3 is 1. The molecule has 4 rings (SSSR count). The molecule has 10 nitrogen and oxygen atoms in total. The number of aliphatic hydroxyl groups excluding tert-OH is 1. The van der Waals surface area contributed by atoms with Crippen molar-refractivity contribution in [3.8, 4) is 17.1 Å².